The van der Waals surface area contributed by atoms with E-state index < -0.39 is 0 Å². The first kappa shape index (κ1) is 14.3. The molecule has 2 rings (SSSR count). The molecule has 0 saturated heterocycles. The van der Waals surface area contributed by atoms with Gasteiger partial charge in [-0.3, -0.25) is 0 Å². The van der Waals surface area contributed by atoms with Gasteiger partial charge >= 0.3 is 0 Å². The maximum absolute atomic E-state index is 5.55. The molecule has 1 aromatic carbocycles. The Morgan fingerprint density at radius 3 is 2.65 bits per heavy atom. The second-order valence-corrected chi connectivity index (χ2v) is 4.34. The second kappa shape index (κ2) is 7.50. The zero-order valence-corrected chi connectivity index (χ0v) is 11.9. The minimum Gasteiger partial charge on any atom is -0.490 e. The van der Waals surface area contributed by atoms with Crippen LogP contribution in [0.25, 0.3) is 0 Å². The van der Waals surface area contributed by atoms with Crippen LogP contribution < -0.4 is 10.1 Å². The van der Waals surface area contributed by atoms with Gasteiger partial charge in [0.15, 0.2) is 11.6 Å². The summed E-state index contributed by atoms with van der Waals surface area (Å²) in [6.07, 6.45) is 1.76. The zero-order valence-electron chi connectivity index (χ0n) is 11.9. The fourth-order valence-corrected chi connectivity index (χ4v) is 2.00. The molecule has 0 radical (unpaired) electrons. The number of methoxy groups -OCH3 is 1. The predicted octanol–water partition coefficient (Wildman–Crippen LogP) is 3.24. The number of benzene rings is 1. The van der Waals surface area contributed by atoms with Gasteiger partial charge < -0.3 is 14.8 Å². The Labute approximate surface area is 119 Å². The summed E-state index contributed by atoms with van der Waals surface area (Å²) in [7, 11) is 1.70. The van der Waals surface area contributed by atoms with Crippen LogP contribution in [-0.4, -0.2) is 18.7 Å². The monoisotopic (exact) mass is 272 g/mol. The van der Waals surface area contributed by atoms with Crippen LogP contribution in [0.3, 0.4) is 0 Å². The summed E-state index contributed by atoms with van der Waals surface area (Å²) in [5, 5.41) is 3.32. The molecule has 1 heterocycles. The minimum absolute atomic E-state index is 0.610. The summed E-state index contributed by atoms with van der Waals surface area (Å²) in [5.41, 5.74) is 2.37. The summed E-state index contributed by atoms with van der Waals surface area (Å²) in [6.45, 7) is 3.89. The van der Waals surface area contributed by atoms with E-state index in [0.717, 1.165) is 11.6 Å². The summed E-state index contributed by atoms with van der Waals surface area (Å²) in [6, 6.07) is 12.0. The molecule has 2 aromatic rings. The molecule has 0 unspecified atom stereocenters. The van der Waals surface area contributed by atoms with Gasteiger partial charge in [0.25, 0.3) is 0 Å². The maximum Gasteiger partial charge on any atom is 0.169 e. The van der Waals surface area contributed by atoms with Gasteiger partial charge in [0.1, 0.15) is 0 Å². The first-order chi connectivity index (χ1) is 9.85. The van der Waals surface area contributed by atoms with Crippen molar-refractivity contribution in [3.8, 4) is 5.75 Å². The Bertz CT molecular complexity index is 494. The van der Waals surface area contributed by atoms with E-state index in [1.165, 1.54) is 11.1 Å². The van der Waals surface area contributed by atoms with Crippen LogP contribution in [0.15, 0.2) is 42.6 Å². The van der Waals surface area contributed by atoms with Crippen LogP contribution in [0.1, 0.15) is 18.1 Å². The standard InChI is InChI=1S/C16H20N2O2/c1-3-20-15-9-6-10-17-16(15)18-11-13-7-4-5-8-14(13)12-19-2/h4-10H,3,11-12H2,1-2H3,(H,17,18). The molecular formula is C16H20N2O2. The Morgan fingerprint density at radius 1 is 1.10 bits per heavy atom. The largest absolute Gasteiger partial charge is 0.490 e. The fourth-order valence-electron chi connectivity index (χ4n) is 2.00. The van der Waals surface area contributed by atoms with E-state index in [2.05, 4.69) is 22.4 Å². The summed E-state index contributed by atoms with van der Waals surface area (Å²) >= 11 is 0. The van der Waals surface area contributed by atoms with E-state index in [9.17, 15) is 0 Å². The number of ether oxygens (including phenoxy) is 2. The van der Waals surface area contributed by atoms with Gasteiger partial charge in [-0.15, -0.1) is 0 Å². The molecule has 4 heteroatoms. The highest BCUT2D eigenvalue weighted by molar-refractivity contribution is 5.50. The van der Waals surface area contributed by atoms with E-state index in [4.69, 9.17) is 9.47 Å². The van der Waals surface area contributed by atoms with Crippen molar-refractivity contribution in [1.82, 2.24) is 4.98 Å². The van der Waals surface area contributed by atoms with Crippen molar-refractivity contribution in [2.75, 3.05) is 19.0 Å². The average molecular weight is 272 g/mol. The number of pyridine rings is 1. The van der Waals surface area contributed by atoms with Crippen LogP contribution >= 0.6 is 0 Å². The molecule has 0 aliphatic heterocycles. The number of nitrogens with one attached hydrogen (secondary N) is 1. The lowest BCUT2D eigenvalue weighted by molar-refractivity contribution is 0.184. The Hall–Kier alpha value is -2.07. The molecule has 1 aromatic heterocycles. The highest BCUT2D eigenvalue weighted by Crippen LogP contribution is 2.22. The molecule has 0 aliphatic carbocycles. The van der Waals surface area contributed by atoms with Crippen molar-refractivity contribution in [3.63, 3.8) is 0 Å². The minimum atomic E-state index is 0.610. The Kier molecular flexibility index (Phi) is 5.38. The molecule has 4 nitrogen and oxygen atoms in total. The van der Waals surface area contributed by atoms with Crippen LogP contribution in [-0.2, 0) is 17.9 Å². The highest BCUT2D eigenvalue weighted by atomic mass is 16.5. The van der Waals surface area contributed by atoms with Crippen LogP contribution in [0.4, 0.5) is 5.82 Å². The van der Waals surface area contributed by atoms with Gasteiger partial charge in [-0.1, -0.05) is 24.3 Å². The molecular weight excluding hydrogens is 252 g/mol. The van der Waals surface area contributed by atoms with Crippen LogP contribution in [0, 0.1) is 0 Å². The van der Waals surface area contributed by atoms with E-state index in [1.807, 2.05) is 31.2 Å². The second-order valence-electron chi connectivity index (χ2n) is 4.34. The smallest absolute Gasteiger partial charge is 0.169 e. The number of aromatic nitrogens is 1. The third-order valence-electron chi connectivity index (χ3n) is 2.94. The quantitative estimate of drug-likeness (QED) is 0.840. The van der Waals surface area contributed by atoms with E-state index in [1.54, 1.807) is 13.3 Å². The summed E-state index contributed by atoms with van der Waals surface area (Å²) < 4.78 is 10.8. The number of hydrogen-bond acceptors (Lipinski definition) is 4. The number of nitrogens with zero attached hydrogens (tertiary/aromatic N) is 1. The lowest BCUT2D eigenvalue weighted by Crippen LogP contribution is -2.06. The maximum atomic E-state index is 5.55. The fraction of sp³-hybridized carbons (Fsp3) is 0.312. The van der Waals surface area contributed by atoms with Crippen LogP contribution in [0.2, 0.25) is 0 Å². The lowest BCUT2D eigenvalue weighted by atomic mass is 10.1. The summed E-state index contributed by atoms with van der Waals surface area (Å²) in [4.78, 5) is 4.32. The number of rotatable bonds is 7. The van der Waals surface area contributed by atoms with Gasteiger partial charge in [0, 0.05) is 19.9 Å². The molecule has 20 heavy (non-hydrogen) atoms. The molecule has 0 aliphatic rings. The van der Waals surface area contributed by atoms with Gasteiger partial charge in [-0.2, -0.15) is 0 Å². The predicted molar refractivity (Wildman–Crippen MR) is 79.9 cm³/mol. The number of hydrogen-bond donors (Lipinski definition) is 1. The van der Waals surface area contributed by atoms with E-state index in [0.29, 0.717) is 19.8 Å². The van der Waals surface area contributed by atoms with Crippen molar-refractivity contribution in [2.24, 2.45) is 0 Å². The van der Waals surface area contributed by atoms with Gasteiger partial charge in [0.2, 0.25) is 0 Å². The molecule has 0 spiro atoms. The summed E-state index contributed by atoms with van der Waals surface area (Å²) in [5.74, 6) is 1.54. The molecule has 0 atom stereocenters. The Balaban J connectivity index is 2.09. The molecule has 1 N–H and O–H groups in total. The van der Waals surface area contributed by atoms with Crippen molar-refractivity contribution >= 4 is 5.82 Å². The van der Waals surface area contributed by atoms with Gasteiger partial charge in [-0.05, 0) is 30.2 Å². The molecule has 0 fully saturated rings. The van der Waals surface area contributed by atoms with Crippen molar-refractivity contribution in [2.45, 2.75) is 20.1 Å². The van der Waals surface area contributed by atoms with Crippen molar-refractivity contribution < 1.29 is 9.47 Å². The highest BCUT2D eigenvalue weighted by Gasteiger charge is 2.05. The molecule has 0 bridgehead atoms. The van der Waals surface area contributed by atoms with E-state index >= 15 is 0 Å². The van der Waals surface area contributed by atoms with Gasteiger partial charge in [-0.25, -0.2) is 4.98 Å². The average Bonchev–Trinajstić information content (AvgIpc) is 2.48. The van der Waals surface area contributed by atoms with Crippen molar-refractivity contribution in [3.05, 3.63) is 53.7 Å². The van der Waals surface area contributed by atoms with Gasteiger partial charge in [0.05, 0.1) is 13.2 Å². The molecule has 0 saturated carbocycles. The first-order valence-corrected chi connectivity index (χ1v) is 6.72. The van der Waals surface area contributed by atoms with E-state index in [-0.39, 0.29) is 0 Å². The molecule has 0 amide bonds. The molecule has 106 valence electrons. The lowest BCUT2D eigenvalue weighted by Gasteiger charge is -2.13. The topological polar surface area (TPSA) is 43.4 Å². The zero-order chi connectivity index (χ0) is 14.2. The first-order valence-electron chi connectivity index (χ1n) is 6.72. The third kappa shape index (κ3) is 3.71. The SMILES string of the molecule is CCOc1cccnc1NCc1ccccc1COC. The third-order valence-corrected chi connectivity index (χ3v) is 2.94. The van der Waals surface area contributed by atoms with Crippen LogP contribution in [0.5, 0.6) is 5.75 Å². The Morgan fingerprint density at radius 2 is 1.90 bits per heavy atom. The number of anilines is 1. The van der Waals surface area contributed by atoms with Crippen molar-refractivity contribution in [1.29, 1.82) is 0 Å². The normalized spacial score (nSPS) is 10.3.